The van der Waals surface area contributed by atoms with Gasteiger partial charge in [0, 0.05) is 0 Å². The van der Waals surface area contributed by atoms with E-state index >= 15 is 0 Å². The van der Waals surface area contributed by atoms with Crippen LogP contribution < -0.4 is 5.73 Å². The van der Waals surface area contributed by atoms with Crippen molar-refractivity contribution in [1.29, 1.82) is 0 Å². The number of carbonyl (C=O) groups is 1. The number of allylic oxidation sites excluding steroid dienone is 1. The Labute approximate surface area is 164 Å². The molecule has 154 valence electrons. The first-order valence-electron chi connectivity index (χ1n) is 11.7. The molecule has 0 aromatic heterocycles. The molecule has 0 bridgehead atoms. The molecule has 0 aliphatic rings. The van der Waals surface area contributed by atoms with Crippen molar-refractivity contribution >= 4 is 5.91 Å². The van der Waals surface area contributed by atoms with Crippen molar-refractivity contribution in [3.05, 3.63) is 12.2 Å². The third-order valence-corrected chi connectivity index (χ3v) is 5.26. The van der Waals surface area contributed by atoms with E-state index < -0.39 is 0 Å². The van der Waals surface area contributed by atoms with Gasteiger partial charge in [-0.15, -0.1) is 0 Å². The summed E-state index contributed by atoms with van der Waals surface area (Å²) in [6.07, 6.45) is 31.1. The highest BCUT2D eigenvalue weighted by Gasteiger charge is 1.95. The second-order valence-corrected chi connectivity index (χ2v) is 7.96. The Bertz CT molecular complexity index is 311. The van der Waals surface area contributed by atoms with E-state index in [9.17, 15) is 4.79 Å². The molecule has 0 heterocycles. The first-order chi connectivity index (χ1) is 12.8. The van der Waals surface area contributed by atoms with Gasteiger partial charge in [-0.1, -0.05) is 129 Å². The average Bonchev–Trinajstić information content (AvgIpc) is 2.62. The van der Waals surface area contributed by atoms with Crippen LogP contribution in [0.5, 0.6) is 0 Å². The maximum absolute atomic E-state index is 10.5. The van der Waals surface area contributed by atoms with Crippen molar-refractivity contribution in [3.63, 3.8) is 0 Å². The summed E-state index contributed by atoms with van der Waals surface area (Å²) in [7, 11) is 0. The molecule has 0 atom stereocenters. The van der Waals surface area contributed by atoms with Crippen molar-refractivity contribution in [2.24, 2.45) is 5.73 Å². The number of hydrogen-bond acceptors (Lipinski definition) is 1. The van der Waals surface area contributed by atoms with Crippen LogP contribution in [0.4, 0.5) is 0 Å². The van der Waals surface area contributed by atoms with Crippen LogP contribution in [0.3, 0.4) is 0 Å². The van der Waals surface area contributed by atoms with Crippen LogP contribution in [0.15, 0.2) is 12.2 Å². The standard InChI is InChI=1S/C24H47NO/c1-2-3-4-5-6-7-8-9-10-11-12-13-14-15-16-17-18-19-20-21-22-23-24(25)26/h22-23H,2-21H2,1H3,(H2,25,26). The minimum atomic E-state index is -0.331. The molecule has 0 radical (unpaired) electrons. The van der Waals surface area contributed by atoms with Gasteiger partial charge >= 0.3 is 0 Å². The van der Waals surface area contributed by atoms with E-state index in [0.29, 0.717) is 0 Å². The third-order valence-electron chi connectivity index (χ3n) is 5.26. The molecule has 0 aliphatic heterocycles. The van der Waals surface area contributed by atoms with Crippen LogP contribution in [0.2, 0.25) is 0 Å². The molecule has 2 nitrogen and oxygen atoms in total. The summed E-state index contributed by atoms with van der Waals surface area (Å²) in [4.78, 5) is 10.5. The highest BCUT2D eigenvalue weighted by atomic mass is 16.1. The summed E-state index contributed by atoms with van der Waals surface area (Å²) in [5, 5.41) is 0. The van der Waals surface area contributed by atoms with Crippen LogP contribution in [0.25, 0.3) is 0 Å². The maximum Gasteiger partial charge on any atom is 0.241 e. The fourth-order valence-electron chi connectivity index (χ4n) is 3.54. The number of primary amides is 1. The Kier molecular flexibility index (Phi) is 21.6. The Hall–Kier alpha value is -0.790. The van der Waals surface area contributed by atoms with Gasteiger partial charge in [0.05, 0.1) is 0 Å². The molecule has 0 aliphatic carbocycles. The largest absolute Gasteiger partial charge is 0.366 e. The summed E-state index contributed by atoms with van der Waals surface area (Å²) in [6, 6.07) is 0. The van der Waals surface area contributed by atoms with Gasteiger partial charge in [-0.3, -0.25) is 4.79 Å². The van der Waals surface area contributed by atoms with Gasteiger partial charge in [0.15, 0.2) is 0 Å². The van der Waals surface area contributed by atoms with Crippen molar-refractivity contribution in [3.8, 4) is 0 Å². The van der Waals surface area contributed by atoms with Crippen molar-refractivity contribution in [1.82, 2.24) is 0 Å². The SMILES string of the molecule is CCCCCCCCCCCCCCCCCCCCCC=CC(N)=O. The Balaban J connectivity index is 3.02. The van der Waals surface area contributed by atoms with E-state index in [4.69, 9.17) is 5.73 Å². The second kappa shape index (κ2) is 22.3. The number of hydrogen-bond donors (Lipinski definition) is 1. The molecular formula is C24H47NO. The Morgan fingerprint density at radius 1 is 0.577 bits per heavy atom. The molecule has 2 N–H and O–H groups in total. The minimum Gasteiger partial charge on any atom is -0.366 e. The summed E-state index contributed by atoms with van der Waals surface area (Å²) in [5.74, 6) is -0.331. The van der Waals surface area contributed by atoms with Crippen molar-refractivity contribution in [2.45, 2.75) is 135 Å². The molecule has 0 saturated heterocycles. The van der Waals surface area contributed by atoms with Gasteiger partial charge in [-0.25, -0.2) is 0 Å². The predicted molar refractivity (Wildman–Crippen MR) is 116 cm³/mol. The zero-order chi connectivity index (χ0) is 19.1. The van der Waals surface area contributed by atoms with Crippen molar-refractivity contribution in [2.75, 3.05) is 0 Å². The summed E-state index contributed by atoms with van der Waals surface area (Å²) < 4.78 is 0. The fourth-order valence-corrected chi connectivity index (χ4v) is 3.54. The minimum absolute atomic E-state index is 0.331. The summed E-state index contributed by atoms with van der Waals surface area (Å²) in [5.41, 5.74) is 5.05. The summed E-state index contributed by atoms with van der Waals surface area (Å²) in [6.45, 7) is 2.29. The highest BCUT2D eigenvalue weighted by molar-refractivity contribution is 5.85. The maximum atomic E-state index is 10.5. The molecule has 2 heteroatoms. The van der Waals surface area contributed by atoms with Crippen LogP contribution in [-0.2, 0) is 4.79 Å². The third kappa shape index (κ3) is 23.2. The molecule has 0 unspecified atom stereocenters. The van der Waals surface area contributed by atoms with Crippen LogP contribution in [0.1, 0.15) is 135 Å². The van der Waals surface area contributed by atoms with E-state index in [-0.39, 0.29) is 5.91 Å². The van der Waals surface area contributed by atoms with E-state index in [1.54, 1.807) is 0 Å². The lowest BCUT2D eigenvalue weighted by Crippen LogP contribution is -2.05. The first-order valence-corrected chi connectivity index (χ1v) is 11.7. The van der Waals surface area contributed by atoms with Crippen LogP contribution in [-0.4, -0.2) is 5.91 Å². The number of amides is 1. The smallest absolute Gasteiger partial charge is 0.241 e. The molecule has 0 aromatic rings. The van der Waals surface area contributed by atoms with E-state index in [2.05, 4.69) is 6.92 Å². The molecule has 1 amide bonds. The molecule has 26 heavy (non-hydrogen) atoms. The van der Waals surface area contributed by atoms with Gasteiger partial charge in [-0.2, -0.15) is 0 Å². The van der Waals surface area contributed by atoms with Gasteiger partial charge in [0.25, 0.3) is 0 Å². The fraction of sp³-hybridized carbons (Fsp3) is 0.875. The predicted octanol–water partition coefficient (Wildman–Crippen LogP) is 7.85. The number of unbranched alkanes of at least 4 members (excludes halogenated alkanes) is 19. The van der Waals surface area contributed by atoms with Gasteiger partial charge in [-0.05, 0) is 18.9 Å². The lowest BCUT2D eigenvalue weighted by molar-refractivity contribution is -0.113. The average molecular weight is 366 g/mol. The number of nitrogens with two attached hydrogens (primary N) is 1. The molecule has 0 saturated carbocycles. The zero-order valence-corrected chi connectivity index (χ0v) is 17.8. The monoisotopic (exact) mass is 365 g/mol. The van der Waals surface area contributed by atoms with Crippen LogP contribution in [0, 0.1) is 0 Å². The van der Waals surface area contributed by atoms with Gasteiger partial charge < -0.3 is 5.73 Å². The van der Waals surface area contributed by atoms with Crippen molar-refractivity contribution < 1.29 is 4.79 Å². The van der Waals surface area contributed by atoms with Gasteiger partial charge in [0.1, 0.15) is 0 Å². The normalized spacial score (nSPS) is 11.4. The molecule has 0 fully saturated rings. The molecule has 0 rings (SSSR count). The second-order valence-electron chi connectivity index (χ2n) is 7.96. The molecular weight excluding hydrogens is 318 g/mol. The van der Waals surface area contributed by atoms with E-state index in [1.165, 1.54) is 128 Å². The lowest BCUT2D eigenvalue weighted by atomic mass is 10.0. The topological polar surface area (TPSA) is 43.1 Å². The first kappa shape index (κ1) is 25.2. The summed E-state index contributed by atoms with van der Waals surface area (Å²) >= 11 is 0. The lowest BCUT2D eigenvalue weighted by Gasteiger charge is -2.03. The quantitative estimate of drug-likeness (QED) is 0.163. The number of rotatable bonds is 21. The van der Waals surface area contributed by atoms with Crippen LogP contribution >= 0.6 is 0 Å². The zero-order valence-electron chi connectivity index (χ0n) is 17.8. The van der Waals surface area contributed by atoms with E-state index in [1.807, 2.05) is 6.08 Å². The molecule has 0 aromatic carbocycles. The van der Waals surface area contributed by atoms with E-state index in [0.717, 1.165) is 6.42 Å². The highest BCUT2D eigenvalue weighted by Crippen LogP contribution is 2.14. The Morgan fingerprint density at radius 3 is 1.19 bits per heavy atom. The molecule has 0 spiro atoms. The number of carbonyl (C=O) groups excluding carboxylic acids is 1. The Morgan fingerprint density at radius 2 is 0.885 bits per heavy atom. The van der Waals surface area contributed by atoms with Gasteiger partial charge in [0.2, 0.25) is 5.91 Å².